The Hall–Kier alpha value is -3.38. The van der Waals surface area contributed by atoms with E-state index in [1.54, 1.807) is 11.0 Å². The summed E-state index contributed by atoms with van der Waals surface area (Å²) in [4.78, 5) is 27.5. The lowest BCUT2D eigenvalue weighted by Crippen LogP contribution is -2.32. The minimum atomic E-state index is -0.919. The Bertz CT molecular complexity index is 1100. The number of carboxylic acids is 1. The molecule has 1 amide bonds. The van der Waals surface area contributed by atoms with Crippen molar-refractivity contribution >= 4 is 46.2 Å². The van der Waals surface area contributed by atoms with Gasteiger partial charge in [0.1, 0.15) is 4.88 Å². The lowest BCUT2D eigenvalue weighted by Gasteiger charge is -2.23. The summed E-state index contributed by atoms with van der Waals surface area (Å²) in [5.41, 5.74) is 4.43. The minimum absolute atomic E-state index is 0.0489. The van der Waals surface area contributed by atoms with Gasteiger partial charge in [-0.2, -0.15) is 0 Å². The van der Waals surface area contributed by atoms with Gasteiger partial charge in [-0.3, -0.25) is 4.79 Å². The van der Waals surface area contributed by atoms with E-state index in [0.717, 1.165) is 27.4 Å². The number of carboxylic acid groups (broad SMARTS) is 1. The zero-order chi connectivity index (χ0) is 20.4. The molecule has 0 saturated carbocycles. The fourth-order valence-corrected chi connectivity index (χ4v) is 4.32. The highest BCUT2D eigenvalue weighted by Gasteiger charge is 2.23. The van der Waals surface area contributed by atoms with E-state index in [9.17, 15) is 14.7 Å². The van der Waals surface area contributed by atoms with Crippen molar-refractivity contribution in [3.8, 4) is 0 Å². The third kappa shape index (κ3) is 3.79. The Balaban J connectivity index is 1.68. The number of benzene rings is 2. The summed E-state index contributed by atoms with van der Waals surface area (Å²) in [6.07, 6.45) is 2.71. The zero-order valence-electron chi connectivity index (χ0n) is 15.9. The summed E-state index contributed by atoms with van der Waals surface area (Å²) in [6, 6.07) is 18.7. The van der Waals surface area contributed by atoms with Gasteiger partial charge < -0.3 is 15.3 Å². The quantitative estimate of drug-likeness (QED) is 0.636. The highest BCUT2D eigenvalue weighted by Crippen LogP contribution is 2.35. The van der Waals surface area contributed by atoms with Gasteiger partial charge in [-0.05, 0) is 66.1 Å². The number of nitrogens with zero attached hydrogens (tertiary/aromatic N) is 1. The molecule has 2 aromatic carbocycles. The van der Waals surface area contributed by atoms with Crippen molar-refractivity contribution in [2.45, 2.75) is 6.42 Å². The first-order chi connectivity index (χ1) is 14.1. The van der Waals surface area contributed by atoms with Crippen molar-refractivity contribution in [3.63, 3.8) is 0 Å². The van der Waals surface area contributed by atoms with Gasteiger partial charge in [-0.25, -0.2) is 4.79 Å². The maximum atomic E-state index is 13.3. The van der Waals surface area contributed by atoms with E-state index in [-0.39, 0.29) is 5.91 Å². The number of hydrogen-bond acceptors (Lipinski definition) is 4. The molecule has 0 radical (unpaired) electrons. The monoisotopic (exact) mass is 404 g/mol. The molecular formula is C23H20N2O3S. The Morgan fingerprint density at radius 3 is 2.48 bits per heavy atom. The van der Waals surface area contributed by atoms with Gasteiger partial charge in [0.05, 0.1) is 5.69 Å². The Morgan fingerprint density at radius 1 is 1.03 bits per heavy atom. The largest absolute Gasteiger partial charge is 0.477 e. The molecule has 3 aromatic rings. The Morgan fingerprint density at radius 2 is 1.79 bits per heavy atom. The summed E-state index contributed by atoms with van der Waals surface area (Å²) < 4.78 is 0. The van der Waals surface area contributed by atoms with Crippen LogP contribution in [0.5, 0.6) is 0 Å². The highest BCUT2D eigenvalue weighted by molar-refractivity contribution is 7.15. The molecule has 1 aliphatic heterocycles. The van der Waals surface area contributed by atoms with Crippen LogP contribution >= 0.6 is 11.3 Å². The van der Waals surface area contributed by atoms with Crippen molar-refractivity contribution in [1.29, 1.82) is 0 Å². The van der Waals surface area contributed by atoms with Crippen molar-refractivity contribution in [2.24, 2.45) is 0 Å². The first kappa shape index (κ1) is 19.0. The molecule has 5 nitrogen and oxygen atoms in total. The molecule has 6 heteroatoms. The second kappa shape index (κ2) is 7.93. The molecule has 2 N–H and O–H groups in total. The van der Waals surface area contributed by atoms with Crippen LogP contribution in [0.3, 0.4) is 0 Å². The molecule has 0 unspecified atom stereocenters. The number of anilines is 2. The summed E-state index contributed by atoms with van der Waals surface area (Å²) >= 11 is 1.26. The molecule has 0 spiro atoms. The van der Waals surface area contributed by atoms with Crippen LogP contribution in [0.2, 0.25) is 0 Å². The number of nitrogens with one attached hydrogen (secondary N) is 1. The van der Waals surface area contributed by atoms with Crippen LogP contribution in [-0.4, -0.2) is 30.6 Å². The molecule has 146 valence electrons. The molecular weight excluding hydrogens is 384 g/mol. The van der Waals surface area contributed by atoms with Crippen LogP contribution in [0.25, 0.3) is 11.6 Å². The maximum Gasteiger partial charge on any atom is 0.345 e. The minimum Gasteiger partial charge on any atom is -0.477 e. The van der Waals surface area contributed by atoms with Crippen LogP contribution in [0.4, 0.5) is 11.4 Å². The number of fused-ring (bicyclic) bond motifs is 1. The molecule has 29 heavy (non-hydrogen) atoms. The summed E-state index contributed by atoms with van der Waals surface area (Å²) in [5.74, 6) is -0.968. The Labute approximate surface area is 172 Å². The van der Waals surface area contributed by atoms with Gasteiger partial charge in [-0.1, -0.05) is 18.2 Å². The summed E-state index contributed by atoms with van der Waals surface area (Å²) in [5, 5.41) is 12.3. The average Bonchev–Trinajstić information content (AvgIpc) is 3.16. The van der Waals surface area contributed by atoms with Gasteiger partial charge in [0.15, 0.2) is 0 Å². The van der Waals surface area contributed by atoms with Gasteiger partial charge in [0.2, 0.25) is 0 Å². The topological polar surface area (TPSA) is 69.6 Å². The summed E-state index contributed by atoms with van der Waals surface area (Å²) in [6.45, 7) is 0.524. The maximum absolute atomic E-state index is 13.3. The molecule has 0 aliphatic carbocycles. The number of carbonyl (C=O) groups excluding carboxylic acids is 1. The standard InChI is InChI=1S/C23H20N2O3S/c1-24-18-8-6-15(7-9-18)22(26)25-13-12-17(14-16-4-2-3-5-19(16)25)20-10-11-21(29-20)23(27)28/h2-11,14,24H,12-13H2,1H3,(H,27,28). The third-order valence-corrected chi connectivity index (χ3v) is 6.11. The summed E-state index contributed by atoms with van der Waals surface area (Å²) in [7, 11) is 1.84. The van der Waals surface area contributed by atoms with E-state index in [0.29, 0.717) is 23.4 Å². The first-order valence-corrected chi connectivity index (χ1v) is 10.1. The number of para-hydroxylation sites is 1. The highest BCUT2D eigenvalue weighted by atomic mass is 32.1. The van der Waals surface area contributed by atoms with Crippen LogP contribution in [0.1, 0.15) is 36.9 Å². The lowest BCUT2D eigenvalue weighted by molar-refractivity contribution is 0.0702. The molecule has 0 bridgehead atoms. The zero-order valence-corrected chi connectivity index (χ0v) is 16.7. The second-order valence-electron chi connectivity index (χ2n) is 6.73. The van der Waals surface area contributed by atoms with E-state index in [1.807, 2.05) is 61.6 Å². The van der Waals surface area contributed by atoms with E-state index in [2.05, 4.69) is 11.4 Å². The van der Waals surface area contributed by atoms with E-state index < -0.39 is 5.97 Å². The molecule has 4 rings (SSSR count). The fraction of sp³-hybridized carbons (Fsp3) is 0.130. The van der Waals surface area contributed by atoms with Crippen molar-refractivity contribution in [2.75, 3.05) is 23.8 Å². The van der Waals surface area contributed by atoms with Gasteiger partial charge in [0.25, 0.3) is 5.91 Å². The SMILES string of the molecule is CNc1ccc(C(=O)N2CCC(c3ccc(C(=O)O)s3)=Cc3ccccc32)cc1. The van der Waals surface area contributed by atoms with Crippen LogP contribution < -0.4 is 10.2 Å². The van der Waals surface area contributed by atoms with E-state index >= 15 is 0 Å². The van der Waals surface area contributed by atoms with E-state index in [4.69, 9.17) is 0 Å². The molecule has 1 aromatic heterocycles. The van der Waals surface area contributed by atoms with Crippen LogP contribution in [0, 0.1) is 0 Å². The lowest BCUT2D eigenvalue weighted by atomic mass is 10.1. The normalized spacial score (nSPS) is 13.3. The molecule has 1 aliphatic rings. The number of aromatic carboxylic acids is 1. The predicted molar refractivity (Wildman–Crippen MR) is 118 cm³/mol. The van der Waals surface area contributed by atoms with E-state index in [1.165, 1.54) is 11.3 Å². The predicted octanol–water partition coefficient (Wildman–Crippen LogP) is 5.08. The molecule has 2 heterocycles. The number of rotatable bonds is 4. The average molecular weight is 404 g/mol. The van der Waals surface area contributed by atoms with Gasteiger partial charge in [-0.15, -0.1) is 11.3 Å². The molecule has 0 saturated heterocycles. The van der Waals surface area contributed by atoms with Gasteiger partial charge >= 0.3 is 5.97 Å². The number of carbonyl (C=O) groups is 2. The second-order valence-corrected chi connectivity index (χ2v) is 7.82. The van der Waals surface area contributed by atoms with Gasteiger partial charge in [0, 0.05) is 29.7 Å². The third-order valence-electron chi connectivity index (χ3n) is 4.96. The molecule has 0 atom stereocenters. The fourth-order valence-electron chi connectivity index (χ4n) is 3.43. The Kier molecular flexibility index (Phi) is 5.18. The number of thiophene rings is 1. The smallest absolute Gasteiger partial charge is 0.345 e. The molecule has 0 fully saturated rings. The number of hydrogen-bond donors (Lipinski definition) is 2. The first-order valence-electron chi connectivity index (χ1n) is 9.29. The van der Waals surface area contributed by atoms with Crippen molar-refractivity contribution < 1.29 is 14.7 Å². The van der Waals surface area contributed by atoms with Crippen LogP contribution in [0.15, 0.2) is 60.7 Å². The van der Waals surface area contributed by atoms with Crippen molar-refractivity contribution in [1.82, 2.24) is 0 Å². The van der Waals surface area contributed by atoms with Crippen LogP contribution in [-0.2, 0) is 0 Å². The number of amides is 1. The van der Waals surface area contributed by atoms with Crippen molar-refractivity contribution in [3.05, 3.63) is 81.5 Å².